The molecule has 0 atom stereocenters. The second-order valence-electron chi connectivity index (χ2n) is 5.29. The van der Waals surface area contributed by atoms with Gasteiger partial charge in [-0.05, 0) is 26.3 Å². The number of hydrogen-bond acceptors (Lipinski definition) is 4. The average molecular weight is 281 g/mol. The molecule has 0 bridgehead atoms. The quantitative estimate of drug-likeness (QED) is 0.853. The number of carbonyl (C=O) groups is 1. The summed E-state index contributed by atoms with van der Waals surface area (Å²) in [6.45, 7) is 4.80. The summed E-state index contributed by atoms with van der Waals surface area (Å²) in [4.78, 5) is 11.7. The fourth-order valence-electron chi connectivity index (χ4n) is 2.06. The Morgan fingerprint density at radius 1 is 1.11 bits per heavy atom. The van der Waals surface area contributed by atoms with E-state index in [4.69, 9.17) is 0 Å². The maximum absolute atomic E-state index is 12.4. The molecule has 0 unspecified atom stereocenters. The fourth-order valence-corrected chi connectivity index (χ4v) is 4.03. The summed E-state index contributed by atoms with van der Waals surface area (Å²) in [5.74, 6) is -1.60. The summed E-state index contributed by atoms with van der Waals surface area (Å²) in [5.41, 5.74) is -0.624. The smallest absolute Gasteiger partial charge is 0.304 e. The summed E-state index contributed by atoms with van der Waals surface area (Å²) in [7, 11) is -4.02. The molecular weight excluding hydrogens is 266 g/mol. The van der Waals surface area contributed by atoms with E-state index in [2.05, 4.69) is 0 Å². The number of aliphatic hydroxyl groups excluding tert-OH is 1. The van der Waals surface area contributed by atoms with E-state index in [0.29, 0.717) is 5.56 Å². The Balaban J connectivity index is 2.67. The Hall–Kier alpha value is -1.82. The zero-order chi connectivity index (χ0) is 14.4. The first-order valence-electron chi connectivity index (χ1n) is 5.76. The van der Waals surface area contributed by atoms with Crippen molar-refractivity contribution in [3.8, 4) is 0 Å². The SMILES string of the molecule is CC(C)(C)N1C(=O)C(O)=C(c2ccccc2)S1(=O)=O. The number of rotatable bonds is 1. The van der Waals surface area contributed by atoms with E-state index >= 15 is 0 Å². The monoisotopic (exact) mass is 281 g/mol. The lowest BCUT2D eigenvalue weighted by atomic mass is 10.1. The van der Waals surface area contributed by atoms with Crippen LogP contribution in [-0.2, 0) is 14.8 Å². The van der Waals surface area contributed by atoms with Crippen LogP contribution in [0.1, 0.15) is 26.3 Å². The number of nitrogens with zero attached hydrogens (tertiary/aromatic N) is 1. The molecule has 5 nitrogen and oxygen atoms in total. The zero-order valence-electron chi connectivity index (χ0n) is 10.9. The molecule has 0 saturated heterocycles. The highest BCUT2D eigenvalue weighted by atomic mass is 32.2. The lowest BCUT2D eigenvalue weighted by Gasteiger charge is -2.30. The summed E-state index contributed by atoms with van der Waals surface area (Å²) < 4.78 is 25.6. The van der Waals surface area contributed by atoms with Gasteiger partial charge in [-0.3, -0.25) is 4.79 Å². The van der Waals surface area contributed by atoms with Crippen molar-refractivity contribution in [3.05, 3.63) is 41.7 Å². The van der Waals surface area contributed by atoms with Gasteiger partial charge < -0.3 is 5.11 Å². The van der Waals surface area contributed by atoms with E-state index in [1.807, 2.05) is 0 Å². The van der Waals surface area contributed by atoms with Crippen molar-refractivity contribution >= 4 is 20.8 Å². The molecule has 0 saturated carbocycles. The van der Waals surface area contributed by atoms with Crippen LogP contribution in [0.3, 0.4) is 0 Å². The molecule has 2 rings (SSSR count). The lowest BCUT2D eigenvalue weighted by Crippen LogP contribution is -2.46. The van der Waals surface area contributed by atoms with Gasteiger partial charge in [0.05, 0.1) is 5.54 Å². The Kier molecular flexibility index (Phi) is 2.93. The van der Waals surface area contributed by atoms with Gasteiger partial charge in [-0.1, -0.05) is 30.3 Å². The third-order valence-corrected chi connectivity index (χ3v) is 4.88. The Bertz CT molecular complexity index is 654. The zero-order valence-corrected chi connectivity index (χ0v) is 11.7. The van der Waals surface area contributed by atoms with Crippen molar-refractivity contribution < 1.29 is 18.3 Å². The van der Waals surface area contributed by atoms with Crippen LogP contribution in [0.2, 0.25) is 0 Å². The Morgan fingerprint density at radius 3 is 2.05 bits per heavy atom. The van der Waals surface area contributed by atoms with Crippen LogP contribution < -0.4 is 0 Å². The minimum Gasteiger partial charge on any atom is -0.502 e. The molecule has 1 aliphatic rings. The van der Waals surface area contributed by atoms with Crippen molar-refractivity contribution in [2.75, 3.05) is 0 Å². The molecule has 1 N–H and O–H groups in total. The van der Waals surface area contributed by atoms with Crippen molar-refractivity contribution in [1.82, 2.24) is 4.31 Å². The van der Waals surface area contributed by atoms with Crippen LogP contribution in [0.5, 0.6) is 0 Å². The van der Waals surface area contributed by atoms with Gasteiger partial charge in [0, 0.05) is 0 Å². The molecule has 1 heterocycles. The van der Waals surface area contributed by atoms with Gasteiger partial charge in [-0.15, -0.1) is 0 Å². The minimum absolute atomic E-state index is 0.306. The van der Waals surface area contributed by atoms with E-state index in [9.17, 15) is 18.3 Å². The molecule has 19 heavy (non-hydrogen) atoms. The molecule has 0 aliphatic carbocycles. The molecule has 0 aromatic heterocycles. The summed E-state index contributed by atoms with van der Waals surface area (Å²) >= 11 is 0. The summed E-state index contributed by atoms with van der Waals surface area (Å²) in [6, 6.07) is 8.11. The number of benzene rings is 1. The van der Waals surface area contributed by atoms with Crippen molar-refractivity contribution in [3.63, 3.8) is 0 Å². The molecule has 1 amide bonds. The molecule has 0 radical (unpaired) electrons. The van der Waals surface area contributed by atoms with Gasteiger partial charge in [0.25, 0.3) is 10.0 Å². The Labute approximate surface area is 112 Å². The lowest BCUT2D eigenvalue weighted by molar-refractivity contribution is -0.127. The number of sulfonamides is 1. The first-order chi connectivity index (χ1) is 8.67. The maximum atomic E-state index is 12.4. The summed E-state index contributed by atoms with van der Waals surface area (Å²) in [5, 5.41) is 9.89. The normalized spacial score (nSPS) is 19.1. The number of amides is 1. The molecule has 6 heteroatoms. The van der Waals surface area contributed by atoms with Gasteiger partial charge in [-0.25, -0.2) is 12.7 Å². The number of hydrogen-bond donors (Lipinski definition) is 1. The first-order valence-corrected chi connectivity index (χ1v) is 7.20. The third kappa shape index (κ3) is 2.02. The molecule has 1 aromatic carbocycles. The standard InChI is InChI=1S/C13H15NO4S/c1-13(2,3)14-12(16)10(15)11(19(14,17)18)9-7-5-4-6-8-9/h4-8,15H,1-3H3. The van der Waals surface area contributed by atoms with E-state index in [1.54, 1.807) is 51.1 Å². The van der Waals surface area contributed by atoms with Gasteiger partial charge >= 0.3 is 5.91 Å². The van der Waals surface area contributed by atoms with Crippen LogP contribution in [0.4, 0.5) is 0 Å². The second kappa shape index (κ2) is 4.09. The highest BCUT2D eigenvalue weighted by Gasteiger charge is 2.49. The molecule has 1 aliphatic heterocycles. The highest BCUT2D eigenvalue weighted by Crippen LogP contribution is 2.38. The predicted octanol–water partition coefficient (Wildman–Crippen LogP) is 1.88. The fraction of sp³-hybridized carbons (Fsp3) is 0.308. The van der Waals surface area contributed by atoms with Gasteiger partial charge in [0.15, 0.2) is 0 Å². The maximum Gasteiger partial charge on any atom is 0.304 e. The number of carbonyl (C=O) groups excluding carboxylic acids is 1. The van der Waals surface area contributed by atoms with Crippen LogP contribution in [0, 0.1) is 0 Å². The number of aliphatic hydroxyl groups is 1. The largest absolute Gasteiger partial charge is 0.502 e. The average Bonchev–Trinajstić information content (AvgIpc) is 2.45. The molecule has 1 aromatic rings. The van der Waals surface area contributed by atoms with Gasteiger partial charge in [0.2, 0.25) is 5.76 Å². The van der Waals surface area contributed by atoms with Crippen molar-refractivity contribution in [2.45, 2.75) is 26.3 Å². The molecule has 0 spiro atoms. The minimum atomic E-state index is -4.02. The predicted molar refractivity (Wildman–Crippen MR) is 71.5 cm³/mol. The van der Waals surface area contributed by atoms with E-state index in [1.165, 1.54) is 0 Å². The van der Waals surface area contributed by atoms with E-state index in [-0.39, 0.29) is 4.91 Å². The van der Waals surface area contributed by atoms with Crippen LogP contribution >= 0.6 is 0 Å². The molecular formula is C13H15NO4S. The van der Waals surface area contributed by atoms with E-state index < -0.39 is 27.2 Å². The van der Waals surface area contributed by atoms with Crippen LogP contribution in [0.25, 0.3) is 4.91 Å². The molecule has 102 valence electrons. The van der Waals surface area contributed by atoms with Crippen LogP contribution in [-0.4, -0.2) is 29.3 Å². The van der Waals surface area contributed by atoms with Gasteiger partial charge in [-0.2, -0.15) is 0 Å². The Morgan fingerprint density at radius 2 is 1.63 bits per heavy atom. The third-order valence-electron chi connectivity index (χ3n) is 2.75. The van der Waals surface area contributed by atoms with Gasteiger partial charge in [0.1, 0.15) is 4.91 Å². The first kappa shape index (κ1) is 13.6. The highest BCUT2D eigenvalue weighted by molar-refractivity contribution is 7.99. The summed E-state index contributed by atoms with van der Waals surface area (Å²) in [6.07, 6.45) is 0. The van der Waals surface area contributed by atoms with Crippen molar-refractivity contribution in [1.29, 1.82) is 0 Å². The molecule has 0 fully saturated rings. The van der Waals surface area contributed by atoms with E-state index in [0.717, 1.165) is 4.31 Å². The van der Waals surface area contributed by atoms with Crippen molar-refractivity contribution in [2.24, 2.45) is 0 Å². The second-order valence-corrected chi connectivity index (χ2v) is 7.01. The van der Waals surface area contributed by atoms with Crippen LogP contribution in [0.15, 0.2) is 36.1 Å². The topological polar surface area (TPSA) is 74.7 Å².